The molecule has 0 saturated heterocycles. The molecule has 2 aliphatic rings. The van der Waals surface area contributed by atoms with Gasteiger partial charge in [-0.25, -0.2) is 4.79 Å². The Hall–Kier alpha value is -2.01. The van der Waals surface area contributed by atoms with Gasteiger partial charge < -0.3 is 10.6 Å². The van der Waals surface area contributed by atoms with E-state index in [2.05, 4.69) is 20.4 Å². The summed E-state index contributed by atoms with van der Waals surface area (Å²) in [4.78, 5) is 12.2. The van der Waals surface area contributed by atoms with E-state index in [0.717, 1.165) is 34.7 Å². The summed E-state index contributed by atoms with van der Waals surface area (Å²) in [6, 6.07) is 8.28. The van der Waals surface area contributed by atoms with E-state index in [1.165, 1.54) is 25.7 Å². The summed E-state index contributed by atoms with van der Waals surface area (Å²) in [7, 11) is 0. The third-order valence-electron chi connectivity index (χ3n) is 5.31. The van der Waals surface area contributed by atoms with Gasteiger partial charge in [0.25, 0.3) is 0 Å². The van der Waals surface area contributed by atoms with Crippen LogP contribution in [-0.2, 0) is 13.0 Å². The maximum absolute atomic E-state index is 12.2. The first-order chi connectivity index (χ1) is 12.2. The number of hydrogen-bond donors (Lipinski definition) is 2. The predicted octanol–water partition coefficient (Wildman–Crippen LogP) is 4.14. The van der Waals surface area contributed by atoms with Crippen LogP contribution in [0, 0.1) is 0 Å². The predicted molar refractivity (Wildman–Crippen MR) is 97.6 cm³/mol. The van der Waals surface area contributed by atoms with Gasteiger partial charge in [-0.2, -0.15) is 5.10 Å². The van der Waals surface area contributed by atoms with Crippen molar-refractivity contribution < 1.29 is 4.79 Å². The number of nitrogens with zero attached hydrogens (tertiary/aromatic N) is 2. The topological polar surface area (TPSA) is 59.0 Å². The van der Waals surface area contributed by atoms with Crippen molar-refractivity contribution in [1.29, 1.82) is 0 Å². The van der Waals surface area contributed by atoms with E-state index < -0.39 is 0 Å². The lowest BCUT2D eigenvalue weighted by atomic mass is 10.1. The van der Waals surface area contributed by atoms with Gasteiger partial charge in [-0.3, -0.25) is 4.68 Å². The summed E-state index contributed by atoms with van der Waals surface area (Å²) in [5.41, 5.74) is 3.19. The number of fused-ring (bicyclic) bond motifs is 1. The quantitative estimate of drug-likeness (QED) is 0.863. The fourth-order valence-electron chi connectivity index (χ4n) is 3.98. The number of rotatable bonds is 4. The van der Waals surface area contributed by atoms with E-state index in [0.29, 0.717) is 12.6 Å². The molecular formula is C19H23ClN4O. The molecule has 6 heteroatoms. The van der Waals surface area contributed by atoms with Gasteiger partial charge in [0.15, 0.2) is 0 Å². The number of hydrogen-bond acceptors (Lipinski definition) is 2. The number of halogens is 1. The lowest BCUT2D eigenvalue weighted by Crippen LogP contribution is -2.37. The van der Waals surface area contributed by atoms with Crippen molar-refractivity contribution in [3.05, 3.63) is 52.3 Å². The summed E-state index contributed by atoms with van der Waals surface area (Å²) in [6.07, 6.45) is 8.81. The molecular weight excluding hydrogens is 336 g/mol. The molecule has 1 fully saturated rings. The molecule has 25 heavy (non-hydrogen) atoms. The lowest BCUT2D eigenvalue weighted by molar-refractivity contribution is 0.236. The average Bonchev–Trinajstić information content (AvgIpc) is 3.34. The molecule has 1 aromatic heterocycles. The zero-order valence-electron chi connectivity index (χ0n) is 14.2. The number of nitrogens with one attached hydrogen (secondary N) is 2. The summed E-state index contributed by atoms with van der Waals surface area (Å²) >= 11 is 6.23. The Morgan fingerprint density at radius 2 is 2.08 bits per heavy atom. The Labute approximate surface area is 152 Å². The average molecular weight is 359 g/mol. The smallest absolute Gasteiger partial charge is 0.315 e. The van der Waals surface area contributed by atoms with Crippen LogP contribution < -0.4 is 10.6 Å². The van der Waals surface area contributed by atoms with Crippen molar-refractivity contribution in [2.75, 3.05) is 0 Å². The molecule has 5 nitrogen and oxygen atoms in total. The maximum Gasteiger partial charge on any atom is 0.315 e. The van der Waals surface area contributed by atoms with Crippen LogP contribution >= 0.6 is 11.6 Å². The number of urea groups is 1. The van der Waals surface area contributed by atoms with Gasteiger partial charge in [0.2, 0.25) is 0 Å². The van der Waals surface area contributed by atoms with Gasteiger partial charge in [-0.1, -0.05) is 36.6 Å². The highest BCUT2D eigenvalue weighted by molar-refractivity contribution is 6.31. The Morgan fingerprint density at radius 3 is 2.92 bits per heavy atom. The third kappa shape index (κ3) is 3.52. The van der Waals surface area contributed by atoms with Crippen LogP contribution in [0.5, 0.6) is 0 Å². The largest absolute Gasteiger partial charge is 0.332 e. The van der Waals surface area contributed by atoms with Crippen LogP contribution in [0.1, 0.15) is 61.0 Å². The second-order valence-corrected chi connectivity index (χ2v) is 7.36. The summed E-state index contributed by atoms with van der Waals surface area (Å²) in [5.74, 6) is 0. The molecule has 1 heterocycles. The first-order valence-electron chi connectivity index (χ1n) is 9.06. The minimum atomic E-state index is -0.159. The molecule has 1 atom stereocenters. The van der Waals surface area contributed by atoms with Gasteiger partial charge in [0.1, 0.15) is 0 Å². The number of benzene rings is 1. The number of amides is 2. The molecule has 1 unspecified atom stereocenters. The maximum atomic E-state index is 12.2. The van der Waals surface area contributed by atoms with E-state index in [4.69, 9.17) is 11.6 Å². The minimum absolute atomic E-state index is 0.0322. The molecule has 2 N–H and O–H groups in total. The molecule has 1 saturated carbocycles. The van der Waals surface area contributed by atoms with Crippen molar-refractivity contribution in [3.8, 4) is 0 Å². The lowest BCUT2D eigenvalue weighted by Gasteiger charge is -2.15. The van der Waals surface area contributed by atoms with E-state index in [9.17, 15) is 4.79 Å². The number of aromatic nitrogens is 2. The van der Waals surface area contributed by atoms with Gasteiger partial charge in [0.05, 0.1) is 24.3 Å². The summed E-state index contributed by atoms with van der Waals surface area (Å²) in [6.45, 7) is 0.445. The summed E-state index contributed by atoms with van der Waals surface area (Å²) < 4.78 is 2.05. The van der Waals surface area contributed by atoms with Crippen molar-refractivity contribution in [2.45, 2.75) is 57.2 Å². The third-order valence-corrected chi connectivity index (χ3v) is 5.67. The zero-order valence-corrected chi connectivity index (χ0v) is 14.9. The molecule has 0 radical (unpaired) electrons. The van der Waals surface area contributed by atoms with Crippen LogP contribution in [0.25, 0.3) is 0 Å². The van der Waals surface area contributed by atoms with Crippen LogP contribution in [0.4, 0.5) is 4.79 Å². The van der Waals surface area contributed by atoms with E-state index in [1.807, 2.05) is 30.5 Å². The molecule has 132 valence electrons. The molecule has 4 rings (SSSR count). The fourth-order valence-corrected chi connectivity index (χ4v) is 4.26. The highest BCUT2D eigenvalue weighted by Gasteiger charge is 2.25. The second-order valence-electron chi connectivity index (χ2n) is 6.95. The van der Waals surface area contributed by atoms with Crippen molar-refractivity contribution >= 4 is 17.6 Å². The normalized spacial score (nSPS) is 19.8. The fraction of sp³-hybridized carbons (Fsp3) is 0.474. The van der Waals surface area contributed by atoms with Gasteiger partial charge in [-0.15, -0.1) is 0 Å². The van der Waals surface area contributed by atoms with E-state index in [-0.39, 0.29) is 12.1 Å². The zero-order chi connectivity index (χ0) is 17.2. The van der Waals surface area contributed by atoms with Crippen LogP contribution in [-0.4, -0.2) is 15.8 Å². The summed E-state index contributed by atoms with van der Waals surface area (Å²) in [5, 5.41) is 11.4. The first kappa shape index (κ1) is 16.5. The number of carbonyl (C=O) groups is 1. The van der Waals surface area contributed by atoms with Gasteiger partial charge in [0, 0.05) is 11.2 Å². The van der Waals surface area contributed by atoms with E-state index >= 15 is 0 Å². The SMILES string of the molecule is O=C(NCc1ccn(C2CCCC2)n1)NC1CCc2c(Cl)cccc21. The Kier molecular flexibility index (Phi) is 4.66. The van der Waals surface area contributed by atoms with Crippen molar-refractivity contribution in [1.82, 2.24) is 20.4 Å². The molecule has 1 aromatic carbocycles. The molecule has 2 amide bonds. The standard InChI is InChI=1S/C19H23ClN4O/c20-17-7-3-6-16-15(17)8-9-18(16)22-19(25)21-12-13-10-11-24(23-13)14-4-1-2-5-14/h3,6-7,10-11,14,18H,1-2,4-5,8-9,12H2,(H2,21,22,25). The van der Waals surface area contributed by atoms with Crippen LogP contribution in [0.15, 0.2) is 30.5 Å². The monoisotopic (exact) mass is 358 g/mol. The van der Waals surface area contributed by atoms with Crippen molar-refractivity contribution in [2.24, 2.45) is 0 Å². The van der Waals surface area contributed by atoms with Crippen LogP contribution in [0.2, 0.25) is 5.02 Å². The number of carbonyl (C=O) groups excluding carboxylic acids is 1. The second kappa shape index (κ2) is 7.08. The van der Waals surface area contributed by atoms with Gasteiger partial charge >= 0.3 is 6.03 Å². The molecule has 2 aliphatic carbocycles. The van der Waals surface area contributed by atoms with E-state index in [1.54, 1.807) is 0 Å². The Bertz CT molecular complexity index is 767. The Morgan fingerprint density at radius 1 is 1.24 bits per heavy atom. The highest BCUT2D eigenvalue weighted by Crippen LogP contribution is 2.35. The highest BCUT2D eigenvalue weighted by atomic mass is 35.5. The molecule has 0 aliphatic heterocycles. The first-order valence-corrected chi connectivity index (χ1v) is 9.44. The molecule has 0 spiro atoms. The molecule has 0 bridgehead atoms. The van der Waals surface area contributed by atoms with Crippen LogP contribution in [0.3, 0.4) is 0 Å². The molecule has 2 aromatic rings. The van der Waals surface area contributed by atoms with Gasteiger partial charge in [-0.05, 0) is 48.9 Å². The minimum Gasteiger partial charge on any atom is -0.332 e. The van der Waals surface area contributed by atoms with Crippen molar-refractivity contribution in [3.63, 3.8) is 0 Å². The Balaban J connectivity index is 1.31.